The molecule has 2 rings (SSSR count). The number of nitrogens with zero attached hydrogens (tertiary/aromatic N) is 3. The summed E-state index contributed by atoms with van der Waals surface area (Å²) in [4.78, 5) is 16.2. The zero-order valence-corrected chi connectivity index (χ0v) is 10.3. The van der Waals surface area contributed by atoms with E-state index < -0.39 is 5.78 Å². The van der Waals surface area contributed by atoms with Crippen LogP contribution in [0.15, 0.2) is 30.3 Å². The van der Waals surface area contributed by atoms with Gasteiger partial charge in [-0.15, -0.1) is 0 Å². The molecule has 2 aromatic rings. The lowest BCUT2D eigenvalue weighted by Crippen LogP contribution is -2.13. The number of ketones is 1. The predicted molar refractivity (Wildman–Crippen MR) is 72.4 cm³/mol. The minimum Gasteiger partial charge on any atom is -0.396 e. The van der Waals surface area contributed by atoms with E-state index in [2.05, 4.69) is 4.98 Å². The first-order chi connectivity index (χ1) is 9.60. The van der Waals surface area contributed by atoms with E-state index >= 15 is 0 Å². The number of nitriles is 2. The van der Waals surface area contributed by atoms with E-state index in [1.165, 1.54) is 0 Å². The number of rotatable bonds is 2. The van der Waals surface area contributed by atoms with Gasteiger partial charge in [-0.25, -0.2) is 4.98 Å². The van der Waals surface area contributed by atoms with E-state index in [0.29, 0.717) is 5.56 Å². The molecule has 96 valence electrons. The summed E-state index contributed by atoms with van der Waals surface area (Å²) in [5, 5.41) is 18.1. The largest absolute Gasteiger partial charge is 0.396 e. The third kappa shape index (κ3) is 2.02. The Morgan fingerprint density at radius 3 is 2.20 bits per heavy atom. The van der Waals surface area contributed by atoms with Gasteiger partial charge in [-0.05, 0) is 0 Å². The first-order valence-electron chi connectivity index (χ1n) is 5.59. The minimum absolute atomic E-state index is 0.0915. The van der Waals surface area contributed by atoms with Crippen LogP contribution in [0, 0.1) is 22.7 Å². The SMILES string of the molecule is N#Cc1c(N)nc(C(=O)c2ccccc2)c(C#N)c1N. The van der Waals surface area contributed by atoms with Crippen molar-refractivity contribution in [2.24, 2.45) is 0 Å². The molecule has 1 heterocycles. The standard InChI is InChI=1S/C14H9N5O/c15-6-9-11(17)10(7-16)14(18)19-12(9)13(20)8-4-2-1-3-5-8/h1-5H,(H4,17,18,19). The number of hydrogen-bond acceptors (Lipinski definition) is 6. The smallest absolute Gasteiger partial charge is 0.212 e. The molecule has 0 aliphatic carbocycles. The number of aromatic nitrogens is 1. The van der Waals surface area contributed by atoms with Crippen molar-refractivity contribution >= 4 is 17.3 Å². The van der Waals surface area contributed by atoms with Crippen LogP contribution in [0.1, 0.15) is 27.2 Å². The summed E-state index contributed by atoms with van der Waals surface area (Å²) in [5.41, 5.74) is 11.2. The fraction of sp³-hybridized carbons (Fsp3) is 0. The Bertz CT molecular complexity index is 769. The summed E-state index contributed by atoms with van der Waals surface area (Å²) >= 11 is 0. The molecule has 0 atom stereocenters. The summed E-state index contributed by atoms with van der Waals surface area (Å²) in [7, 11) is 0. The number of hydrogen-bond donors (Lipinski definition) is 2. The monoisotopic (exact) mass is 263 g/mol. The van der Waals surface area contributed by atoms with Crippen molar-refractivity contribution in [2.45, 2.75) is 0 Å². The van der Waals surface area contributed by atoms with E-state index in [-0.39, 0.29) is 28.3 Å². The first-order valence-corrected chi connectivity index (χ1v) is 5.59. The Hall–Kier alpha value is -3.38. The highest BCUT2D eigenvalue weighted by molar-refractivity contribution is 6.10. The van der Waals surface area contributed by atoms with Crippen molar-refractivity contribution < 1.29 is 4.79 Å². The van der Waals surface area contributed by atoms with Gasteiger partial charge in [-0.1, -0.05) is 30.3 Å². The highest BCUT2D eigenvalue weighted by Crippen LogP contribution is 2.25. The molecule has 1 aromatic heterocycles. The summed E-state index contributed by atoms with van der Waals surface area (Å²) in [6.45, 7) is 0. The van der Waals surface area contributed by atoms with Gasteiger partial charge in [0.2, 0.25) is 5.78 Å². The molecule has 0 amide bonds. The van der Waals surface area contributed by atoms with Crippen LogP contribution in [0.4, 0.5) is 11.5 Å². The third-order valence-electron chi connectivity index (χ3n) is 2.74. The normalized spacial score (nSPS) is 9.50. The van der Waals surface area contributed by atoms with Crippen molar-refractivity contribution in [2.75, 3.05) is 11.5 Å². The second kappa shape index (κ2) is 5.09. The Kier molecular flexibility index (Phi) is 3.32. The lowest BCUT2D eigenvalue weighted by Gasteiger charge is -2.08. The number of nitrogens with two attached hydrogens (primary N) is 2. The fourth-order valence-corrected chi connectivity index (χ4v) is 1.74. The maximum Gasteiger partial charge on any atom is 0.212 e. The van der Waals surface area contributed by atoms with Gasteiger partial charge >= 0.3 is 0 Å². The third-order valence-corrected chi connectivity index (χ3v) is 2.74. The molecule has 0 aliphatic rings. The van der Waals surface area contributed by atoms with Gasteiger partial charge in [0.25, 0.3) is 0 Å². The minimum atomic E-state index is -0.468. The Morgan fingerprint density at radius 1 is 1.05 bits per heavy atom. The number of pyridine rings is 1. The van der Waals surface area contributed by atoms with Crippen LogP contribution >= 0.6 is 0 Å². The quantitative estimate of drug-likeness (QED) is 0.783. The van der Waals surface area contributed by atoms with E-state index in [1.807, 2.05) is 0 Å². The van der Waals surface area contributed by atoms with Crippen molar-refractivity contribution in [3.8, 4) is 12.1 Å². The molecule has 0 saturated carbocycles. The highest BCUT2D eigenvalue weighted by Gasteiger charge is 2.22. The van der Waals surface area contributed by atoms with Crippen LogP contribution < -0.4 is 11.5 Å². The highest BCUT2D eigenvalue weighted by atomic mass is 16.1. The zero-order chi connectivity index (χ0) is 14.7. The van der Waals surface area contributed by atoms with Crippen molar-refractivity contribution in [1.29, 1.82) is 10.5 Å². The second-order valence-electron chi connectivity index (χ2n) is 3.93. The lowest BCUT2D eigenvalue weighted by molar-refractivity contribution is 0.103. The van der Waals surface area contributed by atoms with Gasteiger partial charge in [-0.3, -0.25) is 4.79 Å². The molecule has 0 radical (unpaired) electrons. The summed E-state index contributed by atoms with van der Waals surface area (Å²) in [5.74, 6) is -0.631. The number of carbonyl (C=O) groups excluding carboxylic acids is 1. The average molecular weight is 263 g/mol. The average Bonchev–Trinajstić information content (AvgIpc) is 2.47. The molecular weight excluding hydrogens is 254 g/mol. The zero-order valence-electron chi connectivity index (χ0n) is 10.3. The van der Waals surface area contributed by atoms with E-state index in [0.717, 1.165) is 0 Å². The Morgan fingerprint density at radius 2 is 1.65 bits per heavy atom. The van der Waals surface area contributed by atoms with Crippen LogP contribution in [-0.2, 0) is 0 Å². The molecule has 0 aliphatic heterocycles. The van der Waals surface area contributed by atoms with Crippen LogP contribution in [-0.4, -0.2) is 10.8 Å². The van der Waals surface area contributed by atoms with Crippen LogP contribution in [0.25, 0.3) is 0 Å². The van der Waals surface area contributed by atoms with Gasteiger partial charge in [-0.2, -0.15) is 10.5 Å². The van der Waals surface area contributed by atoms with Gasteiger partial charge in [0, 0.05) is 5.56 Å². The van der Waals surface area contributed by atoms with Gasteiger partial charge in [0.05, 0.1) is 5.69 Å². The maximum absolute atomic E-state index is 12.3. The number of carbonyl (C=O) groups is 1. The lowest BCUT2D eigenvalue weighted by atomic mass is 10.0. The van der Waals surface area contributed by atoms with Crippen molar-refractivity contribution in [3.63, 3.8) is 0 Å². The van der Waals surface area contributed by atoms with Crippen molar-refractivity contribution in [1.82, 2.24) is 4.98 Å². The number of nitrogen functional groups attached to an aromatic ring is 2. The van der Waals surface area contributed by atoms with Crippen LogP contribution in [0.5, 0.6) is 0 Å². The van der Waals surface area contributed by atoms with Gasteiger partial charge < -0.3 is 11.5 Å². The maximum atomic E-state index is 12.3. The molecule has 6 nitrogen and oxygen atoms in total. The predicted octanol–water partition coefficient (Wildman–Crippen LogP) is 1.22. The molecule has 0 fully saturated rings. The summed E-state index contributed by atoms with van der Waals surface area (Å²) in [6, 6.07) is 11.9. The summed E-state index contributed by atoms with van der Waals surface area (Å²) < 4.78 is 0. The number of benzene rings is 1. The topological polar surface area (TPSA) is 130 Å². The van der Waals surface area contributed by atoms with E-state index in [4.69, 9.17) is 22.0 Å². The molecule has 0 bridgehead atoms. The van der Waals surface area contributed by atoms with Crippen molar-refractivity contribution in [3.05, 3.63) is 52.7 Å². The molecule has 0 saturated heterocycles. The van der Waals surface area contributed by atoms with Gasteiger partial charge in [0.15, 0.2) is 0 Å². The van der Waals surface area contributed by atoms with Crippen LogP contribution in [0.3, 0.4) is 0 Å². The molecule has 6 heteroatoms. The molecule has 20 heavy (non-hydrogen) atoms. The van der Waals surface area contributed by atoms with E-state index in [9.17, 15) is 4.79 Å². The molecule has 0 spiro atoms. The second-order valence-corrected chi connectivity index (χ2v) is 3.93. The summed E-state index contributed by atoms with van der Waals surface area (Å²) in [6.07, 6.45) is 0. The molecule has 4 N–H and O–H groups in total. The Balaban J connectivity index is 2.68. The van der Waals surface area contributed by atoms with Gasteiger partial charge in [0.1, 0.15) is 34.8 Å². The first kappa shape index (κ1) is 13.1. The molecular formula is C14H9N5O. The molecule has 0 unspecified atom stereocenters. The molecule has 1 aromatic carbocycles. The Labute approximate surface area is 114 Å². The number of anilines is 2. The van der Waals surface area contributed by atoms with Crippen LogP contribution in [0.2, 0.25) is 0 Å². The van der Waals surface area contributed by atoms with E-state index in [1.54, 1.807) is 42.5 Å². The fourth-order valence-electron chi connectivity index (χ4n) is 1.74.